The lowest BCUT2D eigenvalue weighted by molar-refractivity contribution is -0.118. The summed E-state index contributed by atoms with van der Waals surface area (Å²) in [6.45, 7) is 2.53. The highest BCUT2D eigenvalue weighted by Crippen LogP contribution is 2.22. The van der Waals surface area contributed by atoms with E-state index in [0.29, 0.717) is 23.7 Å². The molecule has 4 rings (SSSR count). The Morgan fingerprint density at radius 1 is 1.06 bits per heavy atom. The normalized spacial score (nSPS) is 12.4. The van der Waals surface area contributed by atoms with E-state index in [1.807, 2.05) is 62.6 Å². The van der Waals surface area contributed by atoms with Gasteiger partial charge in [-0.2, -0.15) is 10.4 Å². The first kappa shape index (κ1) is 24.6. The molecule has 0 unspecified atom stereocenters. The number of ether oxygens (including phenoxy) is 1. The summed E-state index contributed by atoms with van der Waals surface area (Å²) in [5.74, 6) is 0.839. The molecule has 0 saturated heterocycles. The first-order valence-corrected chi connectivity index (χ1v) is 11.7. The molecule has 2 aromatic heterocycles. The van der Waals surface area contributed by atoms with E-state index in [1.54, 1.807) is 41.3 Å². The van der Waals surface area contributed by atoms with Crippen LogP contribution in [0.5, 0.6) is 5.75 Å². The predicted octanol–water partition coefficient (Wildman–Crippen LogP) is 4.34. The van der Waals surface area contributed by atoms with Crippen LogP contribution in [0.3, 0.4) is 0 Å². The number of aryl methyl sites for hydroxylation is 1. The second-order valence-corrected chi connectivity index (χ2v) is 8.43. The summed E-state index contributed by atoms with van der Waals surface area (Å²) in [5, 5.41) is 19.4. The standard InChI is InChI=1S/C28H28N6O2/c1-20(24-17-32-34(2)19-24)36-25-12-13-26(31-18-25)33-28(35)27(23-6-4-3-5-7-23)30-15-14-21-8-10-22(16-29)11-9-21/h3-13,17-20,27,30H,14-15H2,1-2H3,(H,31,33,35)/t20-,27+/m1/s1. The average molecular weight is 481 g/mol. The average Bonchev–Trinajstić information content (AvgIpc) is 3.35. The van der Waals surface area contributed by atoms with E-state index >= 15 is 0 Å². The van der Waals surface area contributed by atoms with Crippen LogP contribution in [-0.4, -0.2) is 27.2 Å². The summed E-state index contributed by atoms with van der Waals surface area (Å²) in [7, 11) is 1.86. The lowest BCUT2D eigenvalue weighted by Gasteiger charge is -2.19. The van der Waals surface area contributed by atoms with Crippen molar-refractivity contribution in [2.75, 3.05) is 11.9 Å². The Morgan fingerprint density at radius 3 is 2.47 bits per heavy atom. The summed E-state index contributed by atoms with van der Waals surface area (Å²) < 4.78 is 7.67. The highest BCUT2D eigenvalue weighted by Gasteiger charge is 2.20. The van der Waals surface area contributed by atoms with Crippen molar-refractivity contribution in [3.63, 3.8) is 0 Å². The first-order valence-electron chi connectivity index (χ1n) is 11.7. The van der Waals surface area contributed by atoms with Gasteiger partial charge in [-0.25, -0.2) is 4.98 Å². The van der Waals surface area contributed by atoms with Crippen LogP contribution in [0.25, 0.3) is 0 Å². The molecular weight excluding hydrogens is 452 g/mol. The van der Waals surface area contributed by atoms with Crippen molar-refractivity contribution in [3.05, 3.63) is 108 Å². The molecular formula is C28H28N6O2. The maximum Gasteiger partial charge on any atom is 0.247 e. The van der Waals surface area contributed by atoms with Crippen molar-refractivity contribution >= 4 is 11.7 Å². The van der Waals surface area contributed by atoms with Crippen LogP contribution in [0.15, 0.2) is 85.3 Å². The molecule has 0 fully saturated rings. The molecule has 0 spiro atoms. The number of amides is 1. The van der Waals surface area contributed by atoms with E-state index in [9.17, 15) is 4.79 Å². The van der Waals surface area contributed by atoms with Gasteiger partial charge in [-0.3, -0.25) is 9.48 Å². The molecule has 182 valence electrons. The van der Waals surface area contributed by atoms with Gasteiger partial charge in [0.2, 0.25) is 5.91 Å². The fourth-order valence-corrected chi connectivity index (χ4v) is 3.76. The zero-order valence-electron chi connectivity index (χ0n) is 20.3. The minimum absolute atomic E-state index is 0.177. The van der Waals surface area contributed by atoms with Crippen LogP contribution in [0.1, 0.15) is 41.3 Å². The summed E-state index contributed by atoms with van der Waals surface area (Å²) in [5.41, 5.74) is 3.54. The molecule has 0 aliphatic heterocycles. The molecule has 4 aromatic rings. The highest BCUT2D eigenvalue weighted by atomic mass is 16.5. The van der Waals surface area contributed by atoms with Gasteiger partial charge in [0.25, 0.3) is 0 Å². The lowest BCUT2D eigenvalue weighted by atomic mass is 10.1. The van der Waals surface area contributed by atoms with E-state index in [2.05, 4.69) is 26.8 Å². The zero-order valence-corrected chi connectivity index (χ0v) is 20.3. The number of rotatable bonds is 10. The van der Waals surface area contributed by atoms with E-state index in [4.69, 9.17) is 10.00 Å². The maximum atomic E-state index is 13.2. The molecule has 2 N–H and O–H groups in total. The molecule has 8 nitrogen and oxygen atoms in total. The van der Waals surface area contributed by atoms with Gasteiger partial charge in [-0.1, -0.05) is 42.5 Å². The third-order valence-electron chi connectivity index (χ3n) is 5.74. The third kappa shape index (κ3) is 6.56. The van der Waals surface area contributed by atoms with Crippen molar-refractivity contribution < 1.29 is 9.53 Å². The number of hydrogen-bond acceptors (Lipinski definition) is 6. The number of nitrogens with one attached hydrogen (secondary N) is 2. The smallest absolute Gasteiger partial charge is 0.247 e. The Hall–Kier alpha value is -4.48. The lowest BCUT2D eigenvalue weighted by Crippen LogP contribution is -2.34. The number of nitrogens with zero attached hydrogens (tertiary/aromatic N) is 4. The Kier molecular flexibility index (Phi) is 8.06. The first-order chi connectivity index (χ1) is 17.5. The van der Waals surface area contributed by atoms with Crippen molar-refractivity contribution in [2.24, 2.45) is 7.05 Å². The summed E-state index contributed by atoms with van der Waals surface area (Å²) >= 11 is 0. The second-order valence-electron chi connectivity index (χ2n) is 8.43. The number of pyridine rings is 1. The summed E-state index contributed by atoms with van der Waals surface area (Å²) in [6, 6.07) is 22.1. The van der Waals surface area contributed by atoms with Gasteiger partial charge in [0.05, 0.1) is 24.0 Å². The van der Waals surface area contributed by atoms with Gasteiger partial charge in [0.1, 0.15) is 23.7 Å². The molecule has 8 heteroatoms. The molecule has 0 aliphatic carbocycles. The van der Waals surface area contributed by atoms with Crippen LogP contribution in [0.2, 0.25) is 0 Å². The van der Waals surface area contributed by atoms with Crippen molar-refractivity contribution in [1.82, 2.24) is 20.1 Å². The molecule has 0 saturated carbocycles. The monoisotopic (exact) mass is 480 g/mol. The Bertz CT molecular complexity index is 1310. The molecule has 0 aliphatic rings. The third-order valence-corrected chi connectivity index (χ3v) is 5.74. The number of carbonyl (C=O) groups excluding carboxylic acids is 1. The topological polar surface area (TPSA) is 105 Å². The van der Waals surface area contributed by atoms with E-state index < -0.39 is 6.04 Å². The molecule has 2 aromatic carbocycles. The van der Waals surface area contributed by atoms with Gasteiger partial charge in [0.15, 0.2) is 0 Å². The van der Waals surface area contributed by atoms with Gasteiger partial charge in [-0.15, -0.1) is 0 Å². The SMILES string of the molecule is C[C@@H](Oc1ccc(NC(=O)[C@@H](NCCc2ccc(C#N)cc2)c2ccccc2)nc1)c1cnn(C)c1. The largest absolute Gasteiger partial charge is 0.484 e. The van der Waals surface area contributed by atoms with E-state index in [1.165, 1.54) is 0 Å². The second kappa shape index (κ2) is 11.8. The number of nitriles is 1. The van der Waals surface area contributed by atoms with Gasteiger partial charge >= 0.3 is 0 Å². The fraction of sp³-hybridized carbons (Fsp3) is 0.214. The Balaban J connectivity index is 1.37. The van der Waals surface area contributed by atoms with Crippen LogP contribution < -0.4 is 15.4 Å². The Labute approximate surface area is 210 Å². The molecule has 36 heavy (non-hydrogen) atoms. The Morgan fingerprint density at radius 2 is 1.83 bits per heavy atom. The maximum absolute atomic E-state index is 13.2. The van der Waals surface area contributed by atoms with Crippen LogP contribution in [-0.2, 0) is 18.3 Å². The van der Waals surface area contributed by atoms with Gasteiger partial charge in [0, 0.05) is 25.4 Å². The minimum Gasteiger partial charge on any atom is -0.484 e. The van der Waals surface area contributed by atoms with Crippen molar-refractivity contribution in [2.45, 2.75) is 25.5 Å². The van der Waals surface area contributed by atoms with Crippen LogP contribution in [0.4, 0.5) is 5.82 Å². The zero-order chi connectivity index (χ0) is 25.3. The molecule has 1 amide bonds. The van der Waals surface area contributed by atoms with Gasteiger partial charge < -0.3 is 15.4 Å². The minimum atomic E-state index is -0.548. The number of hydrogen-bond donors (Lipinski definition) is 2. The van der Waals surface area contributed by atoms with E-state index in [-0.39, 0.29) is 12.0 Å². The van der Waals surface area contributed by atoms with Gasteiger partial charge in [-0.05, 0) is 48.7 Å². The fourth-order valence-electron chi connectivity index (χ4n) is 3.76. The number of aromatic nitrogens is 3. The summed E-state index contributed by atoms with van der Waals surface area (Å²) in [4.78, 5) is 17.6. The molecule has 0 bridgehead atoms. The number of carbonyl (C=O) groups is 1. The molecule has 0 radical (unpaired) electrons. The number of benzene rings is 2. The summed E-state index contributed by atoms with van der Waals surface area (Å²) in [6.07, 6.45) is 5.82. The molecule has 2 atom stereocenters. The van der Waals surface area contributed by atoms with Crippen molar-refractivity contribution in [3.8, 4) is 11.8 Å². The number of anilines is 1. The van der Waals surface area contributed by atoms with Crippen LogP contribution >= 0.6 is 0 Å². The van der Waals surface area contributed by atoms with Crippen molar-refractivity contribution in [1.29, 1.82) is 5.26 Å². The van der Waals surface area contributed by atoms with Crippen LogP contribution in [0, 0.1) is 11.3 Å². The molecule has 2 heterocycles. The predicted molar refractivity (Wildman–Crippen MR) is 137 cm³/mol. The van der Waals surface area contributed by atoms with E-state index in [0.717, 1.165) is 23.1 Å². The highest BCUT2D eigenvalue weighted by molar-refractivity contribution is 5.94. The quantitative estimate of drug-likeness (QED) is 0.350.